The van der Waals surface area contributed by atoms with Crippen LogP contribution in [0.5, 0.6) is 0 Å². The predicted molar refractivity (Wildman–Crippen MR) is 91.7 cm³/mol. The van der Waals surface area contributed by atoms with Crippen LogP contribution in [0.1, 0.15) is 26.3 Å². The number of nitrogens with two attached hydrogens (primary N) is 1. The summed E-state index contributed by atoms with van der Waals surface area (Å²) in [5, 5.41) is 13.3. The first-order chi connectivity index (χ1) is 12.3. The van der Waals surface area contributed by atoms with E-state index in [1.54, 1.807) is 0 Å². The van der Waals surface area contributed by atoms with Gasteiger partial charge in [-0.2, -0.15) is 0 Å². The van der Waals surface area contributed by atoms with Crippen LogP contribution in [-0.4, -0.2) is 29.3 Å². The molecule has 0 aliphatic carbocycles. The van der Waals surface area contributed by atoms with Gasteiger partial charge in [-0.1, -0.05) is 0 Å². The van der Waals surface area contributed by atoms with Crippen molar-refractivity contribution < 1.29 is 24.0 Å². The molecule has 0 unspecified atom stereocenters. The van der Waals surface area contributed by atoms with Gasteiger partial charge in [0, 0.05) is 22.9 Å². The molecule has 134 valence electrons. The van der Waals surface area contributed by atoms with Crippen LogP contribution >= 0.6 is 0 Å². The van der Waals surface area contributed by atoms with Crippen molar-refractivity contribution in [3.63, 3.8) is 0 Å². The number of ether oxygens (including phenoxy) is 1. The summed E-state index contributed by atoms with van der Waals surface area (Å²) < 4.78 is 4.88. The highest BCUT2D eigenvalue weighted by molar-refractivity contribution is 5.97. The first kappa shape index (κ1) is 18.6. The summed E-state index contributed by atoms with van der Waals surface area (Å²) in [6.07, 6.45) is 0. The minimum Gasteiger partial charge on any atom is -0.452 e. The molecule has 2 aromatic rings. The molecule has 2 amide bonds. The van der Waals surface area contributed by atoms with E-state index < -0.39 is 29.3 Å². The maximum absolute atomic E-state index is 11.9. The van der Waals surface area contributed by atoms with E-state index in [0.717, 1.165) is 0 Å². The molecule has 0 aromatic heterocycles. The van der Waals surface area contributed by atoms with Crippen LogP contribution in [0.15, 0.2) is 42.5 Å². The molecule has 0 aliphatic heterocycles. The molecule has 0 aliphatic rings. The number of hydrogen-bond donors (Lipinski definition) is 2. The molecule has 3 N–H and O–H groups in total. The molecule has 0 spiro atoms. The summed E-state index contributed by atoms with van der Waals surface area (Å²) in [5.41, 5.74) is 6.12. The average Bonchev–Trinajstić information content (AvgIpc) is 2.59. The quantitative estimate of drug-likeness (QED) is 0.458. The van der Waals surface area contributed by atoms with Crippen LogP contribution in [0, 0.1) is 17.0 Å². The van der Waals surface area contributed by atoms with Crippen molar-refractivity contribution in [1.29, 1.82) is 0 Å². The molecule has 9 heteroatoms. The summed E-state index contributed by atoms with van der Waals surface area (Å²) in [6.45, 7) is 0.962. The lowest BCUT2D eigenvalue weighted by Crippen LogP contribution is -2.21. The number of nitrogens with zero attached hydrogens (tertiary/aromatic N) is 1. The van der Waals surface area contributed by atoms with Crippen LogP contribution in [0.3, 0.4) is 0 Å². The highest BCUT2D eigenvalue weighted by Gasteiger charge is 2.15. The van der Waals surface area contributed by atoms with E-state index in [1.165, 1.54) is 49.4 Å². The van der Waals surface area contributed by atoms with Crippen molar-refractivity contribution in [2.75, 3.05) is 11.9 Å². The summed E-state index contributed by atoms with van der Waals surface area (Å²) in [7, 11) is 0. The summed E-state index contributed by atoms with van der Waals surface area (Å²) in [5.74, 6) is -1.94. The van der Waals surface area contributed by atoms with Gasteiger partial charge in [-0.15, -0.1) is 0 Å². The van der Waals surface area contributed by atoms with E-state index >= 15 is 0 Å². The highest BCUT2D eigenvalue weighted by atomic mass is 16.6. The van der Waals surface area contributed by atoms with Crippen LogP contribution in [-0.2, 0) is 9.53 Å². The largest absolute Gasteiger partial charge is 0.452 e. The number of carbonyl (C=O) groups excluding carboxylic acids is 3. The van der Waals surface area contributed by atoms with Crippen molar-refractivity contribution in [3.8, 4) is 0 Å². The number of esters is 1. The van der Waals surface area contributed by atoms with Gasteiger partial charge in [0.05, 0.1) is 10.5 Å². The van der Waals surface area contributed by atoms with Crippen LogP contribution in [0.2, 0.25) is 0 Å². The second kappa shape index (κ2) is 7.88. The highest BCUT2D eigenvalue weighted by Crippen LogP contribution is 2.19. The Kier molecular flexibility index (Phi) is 5.63. The van der Waals surface area contributed by atoms with Crippen molar-refractivity contribution >= 4 is 29.2 Å². The van der Waals surface area contributed by atoms with E-state index in [-0.39, 0.29) is 11.3 Å². The third-order valence-electron chi connectivity index (χ3n) is 3.42. The van der Waals surface area contributed by atoms with Crippen molar-refractivity contribution in [1.82, 2.24) is 0 Å². The second-order valence-electron chi connectivity index (χ2n) is 5.32. The number of carbonyl (C=O) groups is 3. The molecule has 0 saturated heterocycles. The Balaban J connectivity index is 1.92. The monoisotopic (exact) mass is 357 g/mol. The third-order valence-corrected chi connectivity index (χ3v) is 3.42. The topological polar surface area (TPSA) is 142 Å². The number of nitrogens with one attached hydrogen (secondary N) is 1. The Morgan fingerprint density at radius 1 is 1.12 bits per heavy atom. The van der Waals surface area contributed by atoms with Gasteiger partial charge in [0.2, 0.25) is 5.91 Å². The Hall–Kier alpha value is -3.75. The molecule has 9 nitrogen and oxygen atoms in total. The Labute approximate surface area is 147 Å². The molecule has 0 bridgehead atoms. The van der Waals surface area contributed by atoms with E-state index in [0.29, 0.717) is 16.8 Å². The number of hydrogen-bond acceptors (Lipinski definition) is 6. The van der Waals surface area contributed by atoms with Crippen molar-refractivity contribution in [3.05, 3.63) is 69.3 Å². The SMILES string of the molecule is Cc1cc(C(=O)OCC(=O)Nc2ccc(C(N)=O)cc2)ccc1[N+](=O)[O-]. The predicted octanol–water partition coefficient (Wildman–Crippen LogP) is 1.80. The minimum atomic E-state index is -0.776. The third kappa shape index (κ3) is 4.63. The lowest BCUT2D eigenvalue weighted by Gasteiger charge is -2.07. The molecule has 0 radical (unpaired) electrons. The van der Waals surface area contributed by atoms with E-state index in [1.807, 2.05) is 0 Å². The summed E-state index contributed by atoms with van der Waals surface area (Å²) in [4.78, 5) is 44.9. The first-order valence-electron chi connectivity index (χ1n) is 7.40. The molecule has 0 fully saturated rings. The van der Waals surface area contributed by atoms with Gasteiger partial charge in [-0.3, -0.25) is 19.7 Å². The van der Waals surface area contributed by atoms with Crippen LogP contribution < -0.4 is 11.1 Å². The minimum absolute atomic E-state index is 0.103. The molecular weight excluding hydrogens is 342 g/mol. The van der Waals surface area contributed by atoms with Gasteiger partial charge in [0.1, 0.15) is 0 Å². The lowest BCUT2D eigenvalue weighted by molar-refractivity contribution is -0.385. The number of anilines is 1. The second-order valence-corrected chi connectivity index (χ2v) is 5.32. The zero-order chi connectivity index (χ0) is 19.3. The zero-order valence-corrected chi connectivity index (χ0v) is 13.7. The van der Waals surface area contributed by atoms with E-state index in [9.17, 15) is 24.5 Å². The molecule has 26 heavy (non-hydrogen) atoms. The Morgan fingerprint density at radius 2 is 1.73 bits per heavy atom. The number of nitro benzene ring substituents is 1. The smallest absolute Gasteiger partial charge is 0.338 e. The maximum atomic E-state index is 11.9. The molecule has 0 atom stereocenters. The standard InChI is InChI=1S/C17H15N3O6/c1-10-8-12(4-7-14(10)20(24)25)17(23)26-9-15(21)19-13-5-2-11(3-6-13)16(18)22/h2-8H,9H2,1H3,(H2,18,22)(H,19,21). The molecule has 0 saturated carbocycles. The number of aryl methyl sites for hydroxylation is 1. The molecular formula is C17H15N3O6. The van der Waals surface area contributed by atoms with E-state index in [4.69, 9.17) is 10.5 Å². The Bertz CT molecular complexity index is 877. The van der Waals surface area contributed by atoms with Gasteiger partial charge in [-0.05, 0) is 43.3 Å². The van der Waals surface area contributed by atoms with Gasteiger partial charge < -0.3 is 15.8 Å². The van der Waals surface area contributed by atoms with Gasteiger partial charge in [-0.25, -0.2) is 4.79 Å². The number of benzene rings is 2. The zero-order valence-electron chi connectivity index (χ0n) is 13.7. The lowest BCUT2D eigenvalue weighted by atomic mass is 10.1. The number of amides is 2. The van der Waals surface area contributed by atoms with E-state index in [2.05, 4.69) is 5.32 Å². The molecule has 2 aromatic carbocycles. The fourth-order valence-electron chi connectivity index (χ4n) is 2.12. The molecule has 2 rings (SSSR count). The van der Waals surface area contributed by atoms with Crippen molar-refractivity contribution in [2.24, 2.45) is 5.73 Å². The van der Waals surface area contributed by atoms with Gasteiger partial charge in [0.25, 0.3) is 11.6 Å². The normalized spacial score (nSPS) is 10.0. The van der Waals surface area contributed by atoms with Gasteiger partial charge in [0.15, 0.2) is 6.61 Å². The number of nitro groups is 1. The Morgan fingerprint density at radius 3 is 2.27 bits per heavy atom. The maximum Gasteiger partial charge on any atom is 0.338 e. The average molecular weight is 357 g/mol. The fraction of sp³-hybridized carbons (Fsp3) is 0.118. The van der Waals surface area contributed by atoms with Crippen molar-refractivity contribution in [2.45, 2.75) is 6.92 Å². The van der Waals surface area contributed by atoms with Crippen LogP contribution in [0.25, 0.3) is 0 Å². The first-order valence-corrected chi connectivity index (χ1v) is 7.40. The van der Waals surface area contributed by atoms with Gasteiger partial charge >= 0.3 is 5.97 Å². The summed E-state index contributed by atoms with van der Waals surface area (Å²) >= 11 is 0. The molecule has 0 heterocycles. The van der Waals surface area contributed by atoms with Crippen LogP contribution in [0.4, 0.5) is 11.4 Å². The number of rotatable bonds is 6. The fourth-order valence-corrected chi connectivity index (χ4v) is 2.12. The number of primary amides is 1. The summed E-state index contributed by atoms with van der Waals surface area (Å²) in [6, 6.07) is 9.65.